The molecule has 9 aromatic rings. The Morgan fingerprint density at radius 1 is 0.288 bits per heavy atom. The number of hydrogen-bond donors (Lipinski definition) is 0. The van der Waals surface area contributed by atoms with Crippen molar-refractivity contribution in [2.24, 2.45) is 5.92 Å². The van der Waals surface area contributed by atoms with Crippen LogP contribution in [0.15, 0.2) is 240 Å². The van der Waals surface area contributed by atoms with Crippen LogP contribution in [0.2, 0.25) is 0 Å². The minimum absolute atomic E-state index is 0.224. The first-order valence-electron chi connectivity index (χ1n) is 26.6. The van der Waals surface area contributed by atoms with Gasteiger partial charge in [0.15, 0.2) is 8.07 Å². The number of benzene rings is 9. The molecule has 0 aromatic heterocycles. The Bertz CT molecular complexity index is 3090. The highest BCUT2D eigenvalue weighted by Gasteiger charge is 2.51. The third-order valence-electron chi connectivity index (χ3n) is 16.4. The molecule has 1 heteroatoms. The van der Waals surface area contributed by atoms with Gasteiger partial charge in [0.1, 0.15) is 0 Å². The van der Waals surface area contributed by atoms with Gasteiger partial charge in [0.05, 0.1) is 0 Å². The van der Waals surface area contributed by atoms with Crippen molar-refractivity contribution in [2.45, 2.75) is 87.0 Å². The SMILES string of the molecule is CC1=C(C)C(C)C([Si](c2cc(Cc3ccccc3)c(C)cc2Cc2ccccc2)(c2cc(Cc3ccccc3)c(C)cc2Cc2ccccc2)c2cc(Cc3ccccc3)c(C)cc2Cc2ccccc2)=C1C. The molecule has 0 bridgehead atoms. The van der Waals surface area contributed by atoms with Crippen molar-refractivity contribution in [1.29, 1.82) is 0 Å². The first-order chi connectivity index (χ1) is 35.6. The zero-order chi connectivity index (χ0) is 50.5. The molecule has 0 N–H and O–H groups in total. The van der Waals surface area contributed by atoms with Gasteiger partial charge in [0.2, 0.25) is 0 Å². The lowest BCUT2D eigenvalue weighted by molar-refractivity contribution is 0.851. The van der Waals surface area contributed by atoms with Crippen molar-refractivity contribution < 1.29 is 0 Å². The van der Waals surface area contributed by atoms with Gasteiger partial charge in [-0.05, 0) is 191 Å². The summed E-state index contributed by atoms with van der Waals surface area (Å²) in [7, 11) is -3.47. The van der Waals surface area contributed by atoms with Crippen LogP contribution in [-0.4, -0.2) is 8.07 Å². The average Bonchev–Trinajstić information content (AvgIpc) is 3.60. The predicted molar refractivity (Wildman–Crippen MR) is 314 cm³/mol. The molecule has 1 atom stereocenters. The smallest absolute Gasteiger partial charge is 0.0636 e. The molecule has 0 amide bonds. The molecule has 0 radical (unpaired) electrons. The Kier molecular flexibility index (Phi) is 14.7. The fourth-order valence-electron chi connectivity index (χ4n) is 12.2. The highest BCUT2D eigenvalue weighted by molar-refractivity contribution is 7.17. The quantitative estimate of drug-likeness (QED) is 0.0669. The molecule has 10 rings (SSSR count). The molecule has 0 spiro atoms. The second kappa shape index (κ2) is 21.8. The minimum Gasteiger partial charge on any atom is -0.0636 e. The van der Waals surface area contributed by atoms with Crippen LogP contribution in [0, 0.1) is 26.7 Å². The van der Waals surface area contributed by atoms with Crippen LogP contribution >= 0.6 is 0 Å². The lowest BCUT2D eigenvalue weighted by Crippen LogP contribution is -2.72. The Morgan fingerprint density at radius 2 is 0.521 bits per heavy atom. The van der Waals surface area contributed by atoms with Gasteiger partial charge in [0, 0.05) is 0 Å². The first-order valence-corrected chi connectivity index (χ1v) is 28.6. The molecule has 1 aliphatic carbocycles. The van der Waals surface area contributed by atoms with Gasteiger partial charge in [-0.25, -0.2) is 0 Å². The molecule has 1 unspecified atom stereocenters. The maximum Gasteiger partial charge on any atom is 0.177 e. The highest BCUT2D eigenvalue weighted by atomic mass is 28.3. The molecule has 0 fully saturated rings. The zero-order valence-corrected chi connectivity index (χ0v) is 45.1. The van der Waals surface area contributed by atoms with E-state index in [2.05, 4.69) is 267 Å². The van der Waals surface area contributed by atoms with Gasteiger partial charge in [-0.1, -0.05) is 242 Å². The topological polar surface area (TPSA) is 0 Å². The van der Waals surface area contributed by atoms with Gasteiger partial charge < -0.3 is 0 Å². The third kappa shape index (κ3) is 10.4. The van der Waals surface area contributed by atoms with E-state index in [1.807, 2.05) is 0 Å². The fourth-order valence-corrected chi connectivity index (χ4v) is 18.7. The van der Waals surface area contributed by atoms with E-state index in [0.717, 1.165) is 38.5 Å². The molecular formula is C72H70Si. The van der Waals surface area contributed by atoms with E-state index in [-0.39, 0.29) is 5.92 Å². The summed E-state index contributed by atoms with van der Waals surface area (Å²) in [5.74, 6) is 0.224. The summed E-state index contributed by atoms with van der Waals surface area (Å²) < 4.78 is 0. The van der Waals surface area contributed by atoms with Crippen molar-refractivity contribution in [2.75, 3.05) is 0 Å². The van der Waals surface area contributed by atoms with E-state index in [9.17, 15) is 0 Å². The Labute approximate surface area is 437 Å². The summed E-state index contributed by atoms with van der Waals surface area (Å²) >= 11 is 0. The number of hydrogen-bond acceptors (Lipinski definition) is 0. The van der Waals surface area contributed by atoms with Crippen molar-refractivity contribution in [3.8, 4) is 0 Å². The van der Waals surface area contributed by atoms with E-state index >= 15 is 0 Å². The predicted octanol–water partition coefficient (Wildman–Crippen LogP) is 15.5. The molecule has 0 saturated carbocycles. The molecule has 0 aliphatic heterocycles. The van der Waals surface area contributed by atoms with Crippen molar-refractivity contribution in [3.05, 3.63) is 324 Å². The summed E-state index contributed by atoms with van der Waals surface area (Å²) in [6.45, 7) is 17.0. The Morgan fingerprint density at radius 3 is 0.740 bits per heavy atom. The summed E-state index contributed by atoms with van der Waals surface area (Å²) in [5.41, 5.74) is 25.1. The van der Waals surface area contributed by atoms with Crippen molar-refractivity contribution in [1.82, 2.24) is 0 Å². The maximum atomic E-state index is 2.76. The molecule has 0 heterocycles. The average molecular weight is 963 g/mol. The number of aryl methyl sites for hydroxylation is 3. The van der Waals surface area contributed by atoms with Crippen LogP contribution in [-0.2, 0) is 38.5 Å². The summed E-state index contributed by atoms with van der Waals surface area (Å²) in [4.78, 5) is 0. The van der Waals surface area contributed by atoms with E-state index in [1.165, 1.54) is 116 Å². The second-order valence-corrected chi connectivity index (χ2v) is 24.8. The highest BCUT2D eigenvalue weighted by Crippen LogP contribution is 2.43. The van der Waals surface area contributed by atoms with Gasteiger partial charge in [0.25, 0.3) is 0 Å². The first kappa shape index (κ1) is 49.3. The van der Waals surface area contributed by atoms with Gasteiger partial charge in [-0.3, -0.25) is 0 Å². The van der Waals surface area contributed by atoms with Crippen molar-refractivity contribution in [3.63, 3.8) is 0 Å². The van der Waals surface area contributed by atoms with E-state index in [1.54, 1.807) is 5.20 Å². The second-order valence-electron chi connectivity index (χ2n) is 21.1. The molecule has 362 valence electrons. The Hall–Kier alpha value is -7.32. The van der Waals surface area contributed by atoms with E-state index in [4.69, 9.17) is 0 Å². The van der Waals surface area contributed by atoms with Crippen molar-refractivity contribution >= 4 is 23.6 Å². The van der Waals surface area contributed by atoms with E-state index < -0.39 is 8.07 Å². The van der Waals surface area contributed by atoms with E-state index in [0.29, 0.717) is 0 Å². The van der Waals surface area contributed by atoms with Crippen LogP contribution in [0.4, 0.5) is 0 Å². The molecule has 1 aliphatic rings. The number of rotatable bonds is 16. The summed E-state index contributed by atoms with van der Waals surface area (Å²) in [6.07, 6.45) is 5.14. The minimum atomic E-state index is -3.47. The molecule has 73 heavy (non-hydrogen) atoms. The van der Waals surface area contributed by atoms with Crippen LogP contribution in [0.3, 0.4) is 0 Å². The summed E-state index contributed by atoms with van der Waals surface area (Å²) in [6, 6.07) is 83.5. The monoisotopic (exact) mass is 963 g/mol. The van der Waals surface area contributed by atoms with Gasteiger partial charge in [-0.2, -0.15) is 0 Å². The lowest BCUT2D eigenvalue weighted by atomic mass is 9.95. The standard InChI is InChI=1S/C72H70Si/c1-50-38-66(44-60-32-20-11-21-33-60)69(47-63(50)41-57-26-14-8-15-27-57)73(72-55(6)53(4)54(5)56(72)7,70-48-64(42-58-28-16-9-17-29-58)51(2)39-67(70)45-61-34-22-12-23-35-61)71-49-65(43-59-30-18-10-19-31-59)52(3)40-68(71)46-62-36-24-13-25-37-62/h8-40,47-49,55H,41-46H2,1-7H3. The van der Waals surface area contributed by atoms with Crippen LogP contribution < -0.4 is 15.6 Å². The molecule has 0 nitrogen and oxygen atoms in total. The van der Waals surface area contributed by atoms with Gasteiger partial charge >= 0.3 is 0 Å². The molecular weight excluding hydrogens is 893 g/mol. The zero-order valence-electron chi connectivity index (χ0n) is 44.1. The molecule has 9 aromatic carbocycles. The normalized spacial score (nSPS) is 13.8. The summed E-state index contributed by atoms with van der Waals surface area (Å²) in [5, 5.41) is 6.23. The largest absolute Gasteiger partial charge is 0.177 e. The molecule has 0 saturated heterocycles. The van der Waals surface area contributed by atoms with Gasteiger partial charge in [-0.15, -0.1) is 0 Å². The maximum absolute atomic E-state index is 3.47. The van der Waals surface area contributed by atoms with Crippen LogP contribution in [0.5, 0.6) is 0 Å². The Balaban J connectivity index is 1.43. The number of allylic oxidation sites excluding steroid dienone is 4. The van der Waals surface area contributed by atoms with Crippen LogP contribution in [0.1, 0.15) is 111 Å². The van der Waals surface area contributed by atoms with Crippen LogP contribution in [0.25, 0.3) is 0 Å². The third-order valence-corrected chi connectivity index (χ3v) is 21.8. The lowest BCUT2D eigenvalue weighted by Gasteiger charge is -2.43. The fraction of sp³-hybridized carbons (Fsp3) is 0.194.